The number of benzene rings is 1. The molecule has 1 N–H and O–H groups in total. The zero-order valence-corrected chi connectivity index (χ0v) is 14.2. The van der Waals surface area contributed by atoms with Crippen LogP contribution in [0.15, 0.2) is 41.0 Å². The number of carboxylic acid groups (broad SMARTS) is 1. The van der Waals surface area contributed by atoms with Crippen LogP contribution in [-0.2, 0) is 4.79 Å². The molecule has 0 radical (unpaired) electrons. The van der Waals surface area contributed by atoms with Gasteiger partial charge in [-0.1, -0.05) is 22.0 Å². The molecule has 120 valence electrons. The minimum atomic E-state index is -0.873. The second kappa shape index (κ2) is 5.81. The summed E-state index contributed by atoms with van der Waals surface area (Å²) in [4.78, 5) is 25.4. The van der Waals surface area contributed by atoms with Gasteiger partial charge in [-0.15, -0.1) is 0 Å². The predicted molar refractivity (Wildman–Crippen MR) is 87.5 cm³/mol. The lowest BCUT2D eigenvalue weighted by Crippen LogP contribution is -2.35. The van der Waals surface area contributed by atoms with Crippen molar-refractivity contribution in [3.63, 3.8) is 0 Å². The van der Waals surface area contributed by atoms with Crippen molar-refractivity contribution in [2.75, 3.05) is 13.1 Å². The third kappa shape index (κ3) is 3.01. The minimum Gasteiger partial charge on any atom is -0.481 e. The zero-order chi connectivity index (χ0) is 16.6. The first-order valence-corrected chi connectivity index (χ1v) is 8.03. The Morgan fingerprint density at radius 3 is 2.78 bits per heavy atom. The van der Waals surface area contributed by atoms with Gasteiger partial charge < -0.3 is 10.0 Å². The van der Waals surface area contributed by atoms with Gasteiger partial charge in [0.2, 0.25) is 0 Å². The van der Waals surface area contributed by atoms with Gasteiger partial charge in [0.15, 0.2) is 5.69 Å². The molecule has 2 aromatic rings. The number of hydrogen-bond donors (Lipinski definition) is 1. The van der Waals surface area contributed by atoms with Crippen molar-refractivity contribution >= 4 is 27.8 Å². The van der Waals surface area contributed by atoms with E-state index < -0.39 is 11.4 Å². The van der Waals surface area contributed by atoms with Crippen LogP contribution in [0.25, 0.3) is 5.69 Å². The fourth-order valence-electron chi connectivity index (χ4n) is 2.67. The molecule has 0 aliphatic carbocycles. The maximum Gasteiger partial charge on any atom is 0.311 e. The number of carbonyl (C=O) groups is 2. The maximum atomic E-state index is 12.5. The van der Waals surface area contributed by atoms with Gasteiger partial charge in [-0.3, -0.25) is 9.59 Å². The third-order valence-corrected chi connectivity index (χ3v) is 4.65. The minimum absolute atomic E-state index is 0.213. The number of aliphatic carboxylic acids is 1. The quantitative estimate of drug-likeness (QED) is 0.891. The van der Waals surface area contributed by atoms with E-state index in [-0.39, 0.29) is 12.5 Å². The van der Waals surface area contributed by atoms with Crippen LogP contribution in [0.1, 0.15) is 23.8 Å². The predicted octanol–water partition coefficient (Wildman–Crippen LogP) is 2.57. The molecule has 1 atom stereocenters. The molecule has 7 heteroatoms. The molecule has 1 aliphatic rings. The van der Waals surface area contributed by atoms with Crippen molar-refractivity contribution in [1.29, 1.82) is 0 Å². The van der Waals surface area contributed by atoms with E-state index in [0.717, 1.165) is 10.2 Å². The van der Waals surface area contributed by atoms with E-state index in [1.165, 1.54) is 0 Å². The van der Waals surface area contributed by atoms with Gasteiger partial charge in [0, 0.05) is 23.8 Å². The number of halogens is 1. The largest absolute Gasteiger partial charge is 0.481 e. The van der Waals surface area contributed by atoms with Gasteiger partial charge in [0.1, 0.15) is 0 Å². The molecule has 0 bridgehead atoms. The molecule has 1 saturated heterocycles. The van der Waals surface area contributed by atoms with E-state index in [0.29, 0.717) is 18.7 Å². The van der Waals surface area contributed by atoms with Gasteiger partial charge in [-0.05, 0) is 37.6 Å². The molecule has 1 fully saturated rings. The van der Waals surface area contributed by atoms with Crippen molar-refractivity contribution in [3.05, 3.63) is 46.7 Å². The zero-order valence-electron chi connectivity index (χ0n) is 12.6. The number of amides is 1. The first kappa shape index (κ1) is 15.7. The standard InChI is InChI=1S/C16H16BrN3O3/c1-16(15(22)23)6-8-19(10-16)14(21)13-5-7-20(18-13)12-4-2-3-11(17)9-12/h2-5,7,9H,6,8,10H2,1H3,(H,22,23)/t16-/m0/s1. The second-order valence-corrected chi connectivity index (χ2v) is 6.88. The molecule has 1 amide bonds. The summed E-state index contributed by atoms with van der Waals surface area (Å²) in [5.74, 6) is -1.10. The second-order valence-electron chi connectivity index (χ2n) is 5.97. The Kier molecular flexibility index (Phi) is 3.97. The molecule has 0 saturated carbocycles. The Balaban J connectivity index is 1.79. The summed E-state index contributed by atoms with van der Waals surface area (Å²) in [6.45, 7) is 2.32. The summed E-state index contributed by atoms with van der Waals surface area (Å²) < 4.78 is 2.56. The molecule has 23 heavy (non-hydrogen) atoms. The molecule has 3 rings (SSSR count). The normalized spacial score (nSPS) is 20.7. The fraction of sp³-hybridized carbons (Fsp3) is 0.312. The fourth-order valence-corrected chi connectivity index (χ4v) is 3.06. The van der Waals surface area contributed by atoms with Crippen molar-refractivity contribution in [2.45, 2.75) is 13.3 Å². The van der Waals surface area contributed by atoms with Crippen LogP contribution in [-0.4, -0.2) is 44.8 Å². The van der Waals surface area contributed by atoms with Crippen LogP contribution >= 0.6 is 15.9 Å². The summed E-state index contributed by atoms with van der Waals surface area (Å²) >= 11 is 3.40. The molecule has 2 heterocycles. The molecule has 1 aliphatic heterocycles. The average Bonchev–Trinajstić information content (AvgIpc) is 3.14. The first-order chi connectivity index (χ1) is 10.9. The molecule has 1 aromatic heterocycles. The highest BCUT2D eigenvalue weighted by Crippen LogP contribution is 2.30. The van der Waals surface area contributed by atoms with E-state index in [4.69, 9.17) is 0 Å². The topological polar surface area (TPSA) is 75.4 Å². The number of carboxylic acids is 1. The molecule has 0 unspecified atom stereocenters. The van der Waals surface area contributed by atoms with Crippen LogP contribution in [0.2, 0.25) is 0 Å². The van der Waals surface area contributed by atoms with E-state index in [9.17, 15) is 14.7 Å². The Hall–Kier alpha value is -2.15. The first-order valence-electron chi connectivity index (χ1n) is 7.23. The lowest BCUT2D eigenvalue weighted by Gasteiger charge is -2.19. The highest BCUT2D eigenvalue weighted by atomic mass is 79.9. The van der Waals surface area contributed by atoms with E-state index in [1.807, 2.05) is 24.3 Å². The maximum absolute atomic E-state index is 12.5. The van der Waals surface area contributed by atoms with Gasteiger partial charge in [0.25, 0.3) is 5.91 Å². The average molecular weight is 378 g/mol. The number of aromatic nitrogens is 2. The molecular formula is C16H16BrN3O3. The van der Waals surface area contributed by atoms with Crippen LogP contribution in [0.3, 0.4) is 0 Å². The Morgan fingerprint density at radius 2 is 2.13 bits per heavy atom. The Labute approximate surface area is 141 Å². The third-order valence-electron chi connectivity index (χ3n) is 4.16. The highest BCUT2D eigenvalue weighted by Gasteiger charge is 2.42. The Morgan fingerprint density at radius 1 is 1.35 bits per heavy atom. The summed E-state index contributed by atoms with van der Waals surface area (Å²) in [7, 11) is 0. The Bertz CT molecular complexity index is 773. The van der Waals surface area contributed by atoms with Crippen molar-refractivity contribution in [3.8, 4) is 5.69 Å². The molecule has 6 nitrogen and oxygen atoms in total. The van der Waals surface area contributed by atoms with Crippen molar-refractivity contribution in [1.82, 2.24) is 14.7 Å². The van der Waals surface area contributed by atoms with Gasteiger partial charge in [-0.2, -0.15) is 5.10 Å². The van der Waals surface area contributed by atoms with Crippen LogP contribution in [0, 0.1) is 5.41 Å². The van der Waals surface area contributed by atoms with Crippen molar-refractivity contribution in [2.24, 2.45) is 5.41 Å². The SMILES string of the molecule is C[C@]1(C(=O)O)CCN(C(=O)c2ccn(-c3cccc(Br)c3)n2)C1. The van der Waals surface area contributed by atoms with E-state index in [1.54, 1.807) is 28.8 Å². The van der Waals surface area contributed by atoms with Gasteiger partial charge in [0.05, 0.1) is 11.1 Å². The number of nitrogens with zero attached hydrogens (tertiary/aromatic N) is 3. The van der Waals surface area contributed by atoms with Gasteiger partial charge >= 0.3 is 5.97 Å². The van der Waals surface area contributed by atoms with Gasteiger partial charge in [-0.25, -0.2) is 4.68 Å². The summed E-state index contributed by atoms with van der Waals surface area (Å²) in [6, 6.07) is 9.25. The van der Waals surface area contributed by atoms with Crippen LogP contribution < -0.4 is 0 Å². The smallest absolute Gasteiger partial charge is 0.311 e. The summed E-state index contributed by atoms with van der Waals surface area (Å²) in [5.41, 5.74) is 0.289. The molecular weight excluding hydrogens is 362 g/mol. The summed E-state index contributed by atoms with van der Waals surface area (Å²) in [5, 5.41) is 13.6. The number of carbonyl (C=O) groups excluding carboxylic acids is 1. The lowest BCUT2D eigenvalue weighted by atomic mass is 9.90. The lowest BCUT2D eigenvalue weighted by molar-refractivity contribution is -0.147. The van der Waals surface area contributed by atoms with Crippen LogP contribution in [0.5, 0.6) is 0 Å². The van der Waals surface area contributed by atoms with E-state index in [2.05, 4.69) is 21.0 Å². The summed E-state index contributed by atoms with van der Waals surface area (Å²) in [6.07, 6.45) is 2.18. The van der Waals surface area contributed by atoms with Crippen LogP contribution in [0.4, 0.5) is 0 Å². The van der Waals surface area contributed by atoms with E-state index >= 15 is 0 Å². The highest BCUT2D eigenvalue weighted by molar-refractivity contribution is 9.10. The van der Waals surface area contributed by atoms with Crippen molar-refractivity contribution < 1.29 is 14.7 Å². The number of likely N-dealkylation sites (tertiary alicyclic amines) is 1. The number of hydrogen-bond acceptors (Lipinski definition) is 3. The number of rotatable bonds is 3. The molecule has 1 aromatic carbocycles. The monoisotopic (exact) mass is 377 g/mol. The molecule has 0 spiro atoms.